The summed E-state index contributed by atoms with van der Waals surface area (Å²) in [6.45, 7) is 2.27. The number of nitrogens with one attached hydrogen (secondary N) is 3. The molecule has 2 aromatic rings. The fraction of sp³-hybridized carbons (Fsp3) is 0.500. The first-order valence-electron chi connectivity index (χ1n) is 5.71. The van der Waals surface area contributed by atoms with Gasteiger partial charge >= 0.3 is 0 Å². The SMILES string of the molecule is CCNc1nc(NC(CO)CO)c2cn[nH]c2n1. The summed E-state index contributed by atoms with van der Waals surface area (Å²) in [6, 6.07) is -0.465. The fourth-order valence-electron chi connectivity index (χ4n) is 1.52. The average molecular weight is 252 g/mol. The predicted octanol–water partition coefficient (Wildman–Crippen LogP) is -0.450. The Balaban J connectivity index is 2.36. The number of aromatic amines is 1. The summed E-state index contributed by atoms with van der Waals surface area (Å²) in [5.74, 6) is 0.990. The predicted molar refractivity (Wildman–Crippen MR) is 67.4 cm³/mol. The maximum atomic E-state index is 9.08. The molecule has 0 aliphatic carbocycles. The summed E-state index contributed by atoms with van der Waals surface area (Å²) in [7, 11) is 0. The van der Waals surface area contributed by atoms with E-state index in [9.17, 15) is 0 Å². The van der Waals surface area contributed by atoms with Gasteiger partial charge in [-0.05, 0) is 6.92 Å². The molecule has 0 aliphatic heterocycles. The van der Waals surface area contributed by atoms with E-state index in [2.05, 4.69) is 30.8 Å². The molecule has 0 saturated heterocycles. The maximum absolute atomic E-state index is 9.08. The highest BCUT2D eigenvalue weighted by atomic mass is 16.3. The number of aromatic nitrogens is 4. The number of rotatable bonds is 6. The second-order valence-corrected chi connectivity index (χ2v) is 3.76. The zero-order valence-electron chi connectivity index (χ0n) is 10.0. The van der Waals surface area contributed by atoms with Gasteiger partial charge in [-0.3, -0.25) is 5.10 Å². The monoisotopic (exact) mass is 252 g/mol. The molecule has 2 rings (SSSR count). The molecule has 0 fully saturated rings. The first kappa shape index (κ1) is 12.5. The lowest BCUT2D eigenvalue weighted by atomic mass is 10.3. The molecule has 0 atom stereocenters. The Labute approximate surface area is 103 Å². The fourth-order valence-corrected chi connectivity index (χ4v) is 1.52. The van der Waals surface area contributed by atoms with Gasteiger partial charge in [-0.1, -0.05) is 0 Å². The van der Waals surface area contributed by atoms with Gasteiger partial charge in [-0.2, -0.15) is 15.1 Å². The summed E-state index contributed by atoms with van der Waals surface area (Å²) in [4.78, 5) is 8.52. The van der Waals surface area contributed by atoms with Crippen molar-refractivity contribution in [3.63, 3.8) is 0 Å². The van der Waals surface area contributed by atoms with E-state index in [4.69, 9.17) is 10.2 Å². The third-order valence-corrected chi connectivity index (χ3v) is 2.43. The van der Waals surface area contributed by atoms with E-state index in [1.807, 2.05) is 6.92 Å². The smallest absolute Gasteiger partial charge is 0.226 e. The summed E-state index contributed by atoms with van der Waals surface area (Å²) in [6.07, 6.45) is 1.60. The highest BCUT2D eigenvalue weighted by Gasteiger charge is 2.13. The van der Waals surface area contributed by atoms with Crippen molar-refractivity contribution in [1.82, 2.24) is 20.2 Å². The Bertz CT molecular complexity index is 510. The number of fused-ring (bicyclic) bond motifs is 1. The van der Waals surface area contributed by atoms with Gasteiger partial charge in [0.1, 0.15) is 5.82 Å². The summed E-state index contributed by atoms with van der Waals surface area (Å²) in [5.41, 5.74) is 0.595. The molecule has 0 amide bonds. The van der Waals surface area contributed by atoms with E-state index in [0.717, 1.165) is 0 Å². The van der Waals surface area contributed by atoms with E-state index in [1.54, 1.807) is 6.20 Å². The molecule has 98 valence electrons. The Morgan fingerprint density at radius 2 is 2.11 bits per heavy atom. The second kappa shape index (κ2) is 5.61. The van der Waals surface area contributed by atoms with Crippen LogP contribution in [0.3, 0.4) is 0 Å². The summed E-state index contributed by atoms with van der Waals surface area (Å²) in [5, 5.41) is 31.5. The number of aliphatic hydroxyl groups excluding tert-OH is 2. The van der Waals surface area contributed by atoms with Crippen LogP contribution in [0, 0.1) is 0 Å². The van der Waals surface area contributed by atoms with Gasteiger partial charge < -0.3 is 20.8 Å². The molecular formula is C10H16N6O2. The molecule has 0 aliphatic rings. The molecule has 2 heterocycles. The molecule has 0 spiro atoms. The minimum atomic E-state index is -0.465. The van der Waals surface area contributed by atoms with Crippen LogP contribution in [0.5, 0.6) is 0 Å². The number of hydrogen-bond acceptors (Lipinski definition) is 7. The van der Waals surface area contributed by atoms with Crippen LogP contribution in [0.1, 0.15) is 6.92 Å². The van der Waals surface area contributed by atoms with Crippen LogP contribution in [-0.4, -0.2) is 56.2 Å². The molecule has 0 bridgehead atoms. The molecular weight excluding hydrogens is 236 g/mol. The molecule has 0 radical (unpaired) electrons. The number of anilines is 2. The van der Waals surface area contributed by atoms with E-state index >= 15 is 0 Å². The van der Waals surface area contributed by atoms with Gasteiger partial charge in [-0.15, -0.1) is 0 Å². The lowest BCUT2D eigenvalue weighted by Crippen LogP contribution is -2.28. The van der Waals surface area contributed by atoms with Crippen LogP contribution in [0.4, 0.5) is 11.8 Å². The van der Waals surface area contributed by atoms with Crippen molar-refractivity contribution in [3.8, 4) is 0 Å². The van der Waals surface area contributed by atoms with Gasteiger partial charge in [0.2, 0.25) is 5.95 Å². The van der Waals surface area contributed by atoms with Crippen LogP contribution < -0.4 is 10.6 Å². The maximum Gasteiger partial charge on any atom is 0.226 e. The van der Waals surface area contributed by atoms with Gasteiger partial charge in [0.05, 0.1) is 30.8 Å². The van der Waals surface area contributed by atoms with Crippen molar-refractivity contribution in [2.24, 2.45) is 0 Å². The average Bonchev–Trinajstić information content (AvgIpc) is 2.84. The van der Waals surface area contributed by atoms with Crippen LogP contribution in [0.25, 0.3) is 11.0 Å². The van der Waals surface area contributed by atoms with Gasteiger partial charge in [0.15, 0.2) is 5.65 Å². The zero-order valence-corrected chi connectivity index (χ0v) is 10.0. The molecule has 8 nitrogen and oxygen atoms in total. The quantitative estimate of drug-likeness (QED) is 0.472. The molecule has 8 heteroatoms. The highest BCUT2D eigenvalue weighted by Crippen LogP contribution is 2.20. The largest absolute Gasteiger partial charge is 0.394 e. The topological polar surface area (TPSA) is 119 Å². The Morgan fingerprint density at radius 3 is 2.78 bits per heavy atom. The lowest BCUT2D eigenvalue weighted by molar-refractivity contribution is 0.203. The van der Waals surface area contributed by atoms with Crippen molar-refractivity contribution >= 4 is 22.8 Å². The van der Waals surface area contributed by atoms with Crippen LogP contribution in [0.2, 0.25) is 0 Å². The molecule has 18 heavy (non-hydrogen) atoms. The van der Waals surface area contributed by atoms with Gasteiger partial charge in [0.25, 0.3) is 0 Å². The third kappa shape index (κ3) is 2.49. The Hall–Kier alpha value is -1.93. The van der Waals surface area contributed by atoms with E-state index in [-0.39, 0.29) is 13.2 Å². The van der Waals surface area contributed by atoms with E-state index in [1.165, 1.54) is 0 Å². The minimum Gasteiger partial charge on any atom is -0.394 e. The number of nitrogens with zero attached hydrogens (tertiary/aromatic N) is 3. The van der Waals surface area contributed by atoms with Crippen molar-refractivity contribution in [3.05, 3.63) is 6.20 Å². The second-order valence-electron chi connectivity index (χ2n) is 3.76. The molecule has 2 aromatic heterocycles. The van der Waals surface area contributed by atoms with Crippen molar-refractivity contribution in [2.75, 3.05) is 30.4 Å². The highest BCUT2D eigenvalue weighted by molar-refractivity contribution is 5.87. The third-order valence-electron chi connectivity index (χ3n) is 2.43. The molecule has 0 aromatic carbocycles. The van der Waals surface area contributed by atoms with Crippen LogP contribution in [0.15, 0.2) is 6.20 Å². The number of aliphatic hydroxyl groups is 2. The zero-order chi connectivity index (χ0) is 13.0. The summed E-state index contributed by atoms with van der Waals surface area (Å²) < 4.78 is 0. The first-order chi connectivity index (χ1) is 8.78. The lowest BCUT2D eigenvalue weighted by Gasteiger charge is -2.15. The van der Waals surface area contributed by atoms with Gasteiger partial charge in [-0.25, -0.2) is 0 Å². The van der Waals surface area contributed by atoms with E-state index < -0.39 is 6.04 Å². The minimum absolute atomic E-state index is 0.184. The standard InChI is InChI=1S/C10H16N6O2/c1-2-11-10-14-8(13-6(4-17)5-18)7-3-12-16-9(7)15-10/h3,6,17-18H,2,4-5H2,1H3,(H3,11,12,13,14,15,16). The first-order valence-corrected chi connectivity index (χ1v) is 5.71. The van der Waals surface area contributed by atoms with Crippen molar-refractivity contribution in [1.29, 1.82) is 0 Å². The van der Waals surface area contributed by atoms with Crippen LogP contribution in [-0.2, 0) is 0 Å². The Morgan fingerprint density at radius 1 is 1.33 bits per heavy atom. The van der Waals surface area contributed by atoms with Gasteiger partial charge in [0, 0.05) is 6.54 Å². The summed E-state index contributed by atoms with van der Waals surface area (Å²) >= 11 is 0. The van der Waals surface area contributed by atoms with Crippen molar-refractivity contribution < 1.29 is 10.2 Å². The number of hydrogen-bond donors (Lipinski definition) is 5. The normalized spacial score (nSPS) is 11.1. The van der Waals surface area contributed by atoms with Crippen LogP contribution >= 0.6 is 0 Å². The van der Waals surface area contributed by atoms with E-state index in [0.29, 0.717) is 29.3 Å². The molecule has 0 unspecified atom stereocenters. The molecule has 0 saturated carbocycles. The van der Waals surface area contributed by atoms with Crippen molar-refractivity contribution in [2.45, 2.75) is 13.0 Å². The number of H-pyrrole nitrogens is 1. The molecule has 5 N–H and O–H groups in total. The Kier molecular flexibility index (Phi) is 3.90.